The van der Waals surface area contributed by atoms with Crippen LogP contribution in [0.1, 0.15) is 46.5 Å². The highest BCUT2D eigenvalue weighted by molar-refractivity contribution is 5.74. The minimum absolute atomic E-state index is 0.0690. The largest absolute Gasteiger partial charge is 0.480 e. The number of carbonyl (C=O) groups is 2. The normalized spacial score (nSPS) is 26.8. The molecule has 1 amide bonds. The number of aliphatic hydroxyl groups is 1. The van der Waals surface area contributed by atoms with Crippen LogP contribution in [0.15, 0.2) is 0 Å². The van der Waals surface area contributed by atoms with Gasteiger partial charge in [-0.15, -0.1) is 0 Å². The molecule has 1 saturated heterocycles. The summed E-state index contributed by atoms with van der Waals surface area (Å²) in [6.45, 7) is 5.63. The Kier molecular flexibility index (Phi) is 7.11. The third-order valence-corrected chi connectivity index (χ3v) is 4.54. The molecule has 0 saturated carbocycles. The van der Waals surface area contributed by atoms with Crippen molar-refractivity contribution in [2.45, 2.75) is 64.6 Å². The van der Waals surface area contributed by atoms with E-state index in [1.54, 1.807) is 0 Å². The Balaban J connectivity index is 2.84. The van der Waals surface area contributed by atoms with Gasteiger partial charge in [0, 0.05) is 31.5 Å². The highest BCUT2D eigenvalue weighted by atomic mass is 16.4. The SMILES string of the molecule is CCC(CC)C[C@H](NC(C)=O)[C@@H]1N[C@@H](C(=O)O)C[C@H]1CO. The number of aliphatic hydroxyl groups excluding tert-OH is 1. The summed E-state index contributed by atoms with van der Waals surface area (Å²) in [6.07, 6.45) is 3.24. The summed E-state index contributed by atoms with van der Waals surface area (Å²) in [5.41, 5.74) is 0. The van der Waals surface area contributed by atoms with Gasteiger partial charge in [-0.1, -0.05) is 26.7 Å². The lowest BCUT2D eigenvalue weighted by Crippen LogP contribution is -2.52. The zero-order valence-electron chi connectivity index (χ0n) is 13.1. The first-order chi connectivity index (χ1) is 9.92. The molecular formula is C15H28N2O4. The molecule has 1 rings (SSSR count). The van der Waals surface area contributed by atoms with E-state index in [0.717, 1.165) is 19.3 Å². The molecular weight excluding hydrogens is 272 g/mol. The molecule has 0 unspecified atom stereocenters. The lowest BCUT2D eigenvalue weighted by molar-refractivity contribution is -0.139. The van der Waals surface area contributed by atoms with Gasteiger partial charge in [0.1, 0.15) is 6.04 Å². The van der Waals surface area contributed by atoms with Crippen molar-refractivity contribution < 1.29 is 19.8 Å². The van der Waals surface area contributed by atoms with Gasteiger partial charge in [-0.3, -0.25) is 14.9 Å². The average molecular weight is 300 g/mol. The zero-order chi connectivity index (χ0) is 16.0. The van der Waals surface area contributed by atoms with Gasteiger partial charge in [-0.2, -0.15) is 0 Å². The van der Waals surface area contributed by atoms with E-state index in [9.17, 15) is 14.7 Å². The molecule has 0 aromatic heterocycles. The topological polar surface area (TPSA) is 98.7 Å². The van der Waals surface area contributed by atoms with Crippen molar-refractivity contribution in [3.63, 3.8) is 0 Å². The van der Waals surface area contributed by atoms with Crippen molar-refractivity contribution >= 4 is 11.9 Å². The van der Waals surface area contributed by atoms with Crippen molar-refractivity contribution in [3.8, 4) is 0 Å². The molecule has 1 aliphatic rings. The summed E-state index contributed by atoms with van der Waals surface area (Å²) in [7, 11) is 0. The van der Waals surface area contributed by atoms with Crippen LogP contribution >= 0.6 is 0 Å². The molecule has 1 fully saturated rings. The lowest BCUT2D eigenvalue weighted by Gasteiger charge is -2.31. The number of hydrogen-bond donors (Lipinski definition) is 4. The standard InChI is InChI=1S/C15H28N2O4/c1-4-10(5-2)6-12(16-9(3)19)14-11(8-18)7-13(17-14)15(20)21/h10-14,17-18H,4-8H2,1-3H3,(H,16,19)(H,20,21)/t11-,12-,13+,14+/m0/s1. The Bertz CT molecular complexity index is 358. The van der Waals surface area contributed by atoms with Gasteiger partial charge in [-0.25, -0.2) is 0 Å². The fraction of sp³-hybridized carbons (Fsp3) is 0.867. The first kappa shape index (κ1) is 17.9. The van der Waals surface area contributed by atoms with Crippen LogP contribution < -0.4 is 10.6 Å². The van der Waals surface area contributed by atoms with E-state index in [1.807, 2.05) is 0 Å². The van der Waals surface area contributed by atoms with Gasteiger partial charge in [0.15, 0.2) is 0 Å². The van der Waals surface area contributed by atoms with Crippen LogP contribution in [0.3, 0.4) is 0 Å². The number of nitrogens with one attached hydrogen (secondary N) is 2. The lowest BCUT2D eigenvalue weighted by atomic mass is 9.86. The van der Waals surface area contributed by atoms with Crippen LogP contribution in [-0.4, -0.2) is 46.8 Å². The number of carboxylic acid groups (broad SMARTS) is 1. The molecule has 0 aromatic carbocycles. The predicted octanol–water partition coefficient (Wildman–Crippen LogP) is 0.741. The molecule has 0 aliphatic carbocycles. The highest BCUT2D eigenvalue weighted by Gasteiger charge is 2.41. The molecule has 4 atom stereocenters. The first-order valence-electron chi connectivity index (χ1n) is 7.79. The second kappa shape index (κ2) is 8.34. The van der Waals surface area contributed by atoms with E-state index < -0.39 is 12.0 Å². The zero-order valence-corrected chi connectivity index (χ0v) is 13.1. The minimum atomic E-state index is -0.903. The van der Waals surface area contributed by atoms with Crippen LogP contribution in [0, 0.1) is 11.8 Å². The van der Waals surface area contributed by atoms with Crippen LogP contribution in [-0.2, 0) is 9.59 Å². The molecule has 6 heteroatoms. The van der Waals surface area contributed by atoms with Crippen molar-refractivity contribution in [2.75, 3.05) is 6.61 Å². The highest BCUT2D eigenvalue weighted by Crippen LogP contribution is 2.27. The first-order valence-corrected chi connectivity index (χ1v) is 7.79. The molecule has 0 radical (unpaired) electrons. The number of rotatable bonds is 8. The van der Waals surface area contributed by atoms with Gasteiger partial charge in [0.25, 0.3) is 0 Å². The van der Waals surface area contributed by atoms with E-state index in [4.69, 9.17) is 5.11 Å². The van der Waals surface area contributed by atoms with Crippen molar-refractivity contribution in [1.82, 2.24) is 10.6 Å². The monoisotopic (exact) mass is 300 g/mol. The summed E-state index contributed by atoms with van der Waals surface area (Å²) in [5, 5.41) is 24.7. The van der Waals surface area contributed by atoms with Crippen LogP contribution in [0.4, 0.5) is 0 Å². The molecule has 0 bridgehead atoms. The third-order valence-electron chi connectivity index (χ3n) is 4.54. The van der Waals surface area contributed by atoms with E-state index in [0.29, 0.717) is 12.3 Å². The van der Waals surface area contributed by atoms with Gasteiger partial charge >= 0.3 is 5.97 Å². The maximum Gasteiger partial charge on any atom is 0.320 e. The quantitative estimate of drug-likeness (QED) is 0.530. The Labute approximate surface area is 126 Å². The Morgan fingerprint density at radius 1 is 1.33 bits per heavy atom. The fourth-order valence-electron chi connectivity index (χ4n) is 3.23. The molecule has 1 heterocycles. The number of carboxylic acids is 1. The van der Waals surface area contributed by atoms with Crippen LogP contribution in [0.25, 0.3) is 0 Å². The number of amides is 1. The van der Waals surface area contributed by atoms with E-state index in [-0.39, 0.29) is 30.5 Å². The summed E-state index contributed by atoms with van der Waals surface area (Å²) in [5.74, 6) is -0.688. The van der Waals surface area contributed by atoms with Crippen molar-refractivity contribution in [2.24, 2.45) is 11.8 Å². The average Bonchev–Trinajstić information content (AvgIpc) is 2.87. The maximum atomic E-state index is 11.5. The Hall–Kier alpha value is -1.14. The van der Waals surface area contributed by atoms with Gasteiger partial charge in [0.05, 0.1) is 0 Å². The Morgan fingerprint density at radius 3 is 2.38 bits per heavy atom. The summed E-state index contributed by atoms with van der Waals surface area (Å²) in [6, 6.07) is -0.986. The van der Waals surface area contributed by atoms with E-state index in [2.05, 4.69) is 24.5 Å². The molecule has 0 aromatic rings. The molecule has 1 aliphatic heterocycles. The molecule has 6 nitrogen and oxygen atoms in total. The summed E-state index contributed by atoms with van der Waals surface area (Å²) >= 11 is 0. The molecule has 4 N–H and O–H groups in total. The van der Waals surface area contributed by atoms with Crippen molar-refractivity contribution in [3.05, 3.63) is 0 Å². The van der Waals surface area contributed by atoms with Gasteiger partial charge in [0.2, 0.25) is 5.91 Å². The summed E-state index contributed by atoms with van der Waals surface area (Å²) in [4.78, 5) is 22.6. The smallest absolute Gasteiger partial charge is 0.320 e. The molecule has 0 spiro atoms. The van der Waals surface area contributed by atoms with Crippen molar-refractivity contribution in [1.29, 1.82) is 0 Å². The molecule has 21 heavy (non-hydrogen) atoms. The van der Waals surface area contributed by atoms with E-state index in [1.165, 1.54) is 6.92 Å². The Morgan fingerprint density at radius 2 is 1.95 bits per heavy atom. The third kappa shape index (κ3) is 4.97. The molecule has 122 valence electrons. The van der Waals surface area contributed by atoms with Crippen LogP contribution in [0.5, 0.6) is 0 Å². The number of hydrogen-bond acceptors (Lipinski definition) is 4. The van der Waals surface area contributed by atoms with Gasteiger partial charge in [-0.05, 0) is 18.8 Å². The number of aliphatic carboxylic acids is 1. The van der Waals surface area contributed by atoms with Gasteiger partial charge < -0.3 is 15.5 Å². The maximum absolute atomic E-state index is 11.5. The number of carbonyl (C=O) groups excluding carboxylic acids is 1. The fourth-order valence-corrected chi connectivity index (χ4v) is 3.23. The predicted molar refractivity (Wildman–Crippen MR) is 79.8 cm³/mol. The van der Waals surface area contributed by atoms with E-state index >= 15 is 0 Å². The summed E-state index contributed by atoms with van der Waals surface area (Å²) < 4.78 is 0. The second-order valence-electron chi connectivity index (χ2n) is 5.99. The van der Waals surface area contributed by atoms with Crippen LogP contribution in [0.2, 0.25) is 0 Å². The minimum Gasteiger partial charge on any atom is -0.480 e. The second-order valence-corrected chi connectivity index (χ2v) is 5.99.